The first kappa shape index (κ1) is 29.2. The Hall–Kier alpha value is -1.84. The Morgan fingerprint density at radius 3 is 2.24 bits per heavy atom. The normalized spacial score (nSPS) is 14.8. The van der Waals surface area contributed by atoms with Gasteiger partial charge in [0.15, 0.2) is 0 Å². The van der Waals surface area contributed by atoms with E-state index >= 15 is 0 Å². The Labute approximate surface area is 200 Å². The van der Waals surface area contributed by atoms with Crippen LogP contribution in [-0.4, -0.2) is 73.0 Å². The van der Waals surface area contributed by atoms with E-state index in [0.717, 1.165) is 0 Å². The Bertz CT molecular complexity index is 962. The second kappa shape index (κ2) is 13.2. The fourth-order valence-corrected chi connectivity index (χ4v) is 6.02. The predicted molar refractivity (Wildman–Crippen MR) is 120 cm³/mol. The topological polar surface area (TPSA) is 141 Å². The van der Waals surface area contributed by atoms with Crippen molar-refractivity contribution in [1.82, 2.24) is 5.32 Å². The van der Waals surface area contributed by atoms with Gasteiger partial charge < -0.3 is 15.5 Å². The second-order valence-electron chi connectivity index (χ2n) is 6.25. The van der Waals surface area contributed by atoms with E-state index in [0.29, 0.717) is 36.7 Å². The molecule has 2 rings (SSSR count). The Morgan fingerprint density at radius 1 is 1.15 bits per heavy atom. The van der Waals surface area contributed by atoms with Crippen LogP contribution in [0.25, 0.3) is 0 Å². The van der Waals surface area contributed by atoms with Gasteiger partial charge in [-0.1, -0.05) is 33.2 Å². The van der Waals surface area contributed by atoms with Crippen LogP contribution < -0.4 is 9.62 Å². The fraction of sp³-hybridized carbons (Fsp3) is 0.471. The molecule has 0 aromatic heterocycles. The van der Waals surface area contributed by atoms with E-state index in [4.69, 9.17) is 26.6 Å². The molecule has 1 aromatic carbocycles. The van der Waals surface area contributed by atoms with E-state index in [-0.39, 0.29) is 28.7 Å². The minimum atomic E-state index is -5.08. The largest absolute Gasteiger partial charge is 0.490 e. The second-order valence-corrected chi connectivity index (χ2v) is 11.4. The van der Waals surface area contributed by atoms with Crippen molar-refractivity contribution < 1.29 is 46.2 Å². The summed E-state index contributed by atoms with van der Waals surface area (Å²) >= 11 is 6.16. The van der Waals surface area contributed by atoms with Crippen molar-refractivity contribution in [3.05, 3.63) is 28.8 Å². The maximum Gasteiger partial charge on any atom is 0.490 e. The molecule has 0 radical (unpaired) electrons. The maximum absolute atomic E-state index is 12.2. The summed E-state index contributed by atoms with van der Waals surface area (Å²) in [5, 5.41) is 18.6. The summed E-state index contributed by atoms with van der Waals surface area (Å²) in [5.74, 6) is -2.64. The number of benzene rings is 1. The Morgan fingerprint density at radius 2 is 1.76 bits per heavy atom. The molecule has 0 bridgehead atoms. The van der Waals surface area contributed by atoms with Crippen LogP contribution in [0, 0.1) is 0 Å². The summed E-state index contributed by atoms with van der Waals surface area (Å²) in [7, 11) is -0.356. The van der Waals surface area contributed by atoms with Crippen molar-refractivity contribution in [2.75, 3.05) is 34.7 Å². The summed E-state index contributed by atoms with van der Waals surface area (Å²) in [6, 6.07) is 4.60. The number of carboxylic acids is 2. The summed E-state index contributed by atoms with van der Waals surface area (Å²) < 4.78 is 56.9. The molecule has 0 aliphatic carbocycles. The smallest absolute Gasteiger partial charge is 0.481 e. The van der Waals surface area contributed by atoms with E-state index in [1.807, 2.05) is 0 Å². The van der Waals surface area contributed by atoms with Gasteiger partial charge >= 0.3 is 18.1 Å². The van der Waals surface area contributed by atoms with Gasteiger partial charge in [0.2, 0.25) is 10.0 Å². The molecule has 3 N–H and O–H groups in total. The number of hydrogen-bond donors (Lipinski definition) is 3. The van der Waals surface area contributed by atoms with Crippen molar-refractivity contribution in [2.24, 2.45) is 0 Å². The molecule has 0 saturated carbocycles. The summed E-state index contributed by atoms with van der Waals surface area (Å²) in [6.45, 7) is 0.836. The van der Waals surface area contributed by atoms with E-state index in [1.165, 1.54) is 38.0 Å². The number of nitrogens with zero attached hydrogens (tertiary/aromatic N) is 1. The highest BCUT2D eigenvalue weighted by molar-refractivity contribution is 8.76. The van der Waals surface area contributed by atoms with E-state index < -0.39 is 28.1 Å². The molecule has 1 heterocycles. The van der Waals surface area contributed by atoms with Crippen molar-refractivity contribution in [3.8, 4) is 0 Å². The molecule has 1 aliphatic heterocycles. The predicted octanol–water partition coefficient (Wildman–Crippen LogP) is 3.10. The van der Waals surface area contributed by atoms with Crippen LogP contribution in [0.4, 0.5) is 18.9 Å². The van der Waals surface area contributed by atoms with Crippen LogP contribution >= 0.6 is 33.2 Å². The molecular weight excluding hydrogens is 533 g/mol. The number of amides is 1. The SMILES string of the molecule is O=C(O)C(F)(F)F.O=C(O)CCSSCCNC(=O)c1ccc(N2CCCS2(=O)=O)cc1Cl. The fourth-order valence-electron chi connectivity index (χ4n) is 2.32. The molecule has 9 nitrogen and oxygen atoms in total. The zero-order valence-corrected chi connectivity index (χ0v) is 20.0. The zero-order valence-electron chi connectivity index (χ0n) is 16.8. The lowest BCUT2D eigenvalue weighted by Gasteiger charge is -2.17. The van der Waals surface area contributed by atoms with Gasteiger partial charge in [0, 0.05) is 24.6 Å². The van der Waals surface area contributed by atoms with Crippen LogP contribution in [0.1, 0.15) is 23.2 Å². The summed E-state index contributed by atoms with van der Waals surface area (Å²) in [6.07, 6.45) is -4.40. The highest BCUT2D eigenvalue weighted by atomic mass is 35.5. The first-order valence-corrected chi connectivity index (χ1v) is 13.6. The molecule has 33 heavy (non-hydrogen) atoms. The number of anilines is 1. The number of nitrogens with one attached hydrogen (secondary N) is 1. The zero-order chi connectivity index (χ0) is 25.2. The summed E-state index contributed by atoms with van der Waals surface area (Å²) in [5.41, 5.74) is 0.755. The molecule has 1 amide bonds. The van der Waals surface area contributed by atoms with Crippen molar-refractivity contribution in [1.29, 1.82) is 0 Å². The average Bonchev–Trinajstić information content (AvgIpc) is 3.05. The van der Waals surface area contributed by atoms with E-state index in [1.54, 1.807) is 6.07 Å². The number of carboxylic acid groups (broad SMARTS) is 2. The number of carbonyl (C=O) groups is 3. The van der Waals surface area contributed by atoms with Crippen molar-refractivity contribution in [3.63, 3.8) is 0 Å². The maximum atomic E-state index is 12.2. The van der Waals surface area contributed by atoms with Crippen LogP contribution in [0.15, 0.2) is 18.2 Å². The van der Waals surface area contributed by atoms with Gasteiger partial charge in [0.25, 0.3) is 5.91 Å². The molecule has 1 aromatic rings. The number of carbonyl (C=O) groups excluding carboxylic acids is 1. The minimum Gasteiger partial charge on any atom is -0.481 e. The first-order chi connectivity index (χ1) is 15.3. The molecule has 0 atom stereocenters. The first-order valence-electron chi connectivity index (χ1n) is 9.10. The standard InChI is InChI=1S/C15H19ClN2O5S3.C2HF3O2/c16-13-10-11(18-6-1-9-26(18,22)23)2-3-12(13)15(21)17-5-8-25-24-7-4-14(19)20;3-2(4,5)1(6)7/h2-3,10H,1,4-9H2,(H,17,21)(H,19,20);(H,6,7). The quantitative estimate of drug-likeness (QED) is 0.311. The lowest BCUT2D eigenvalue weighted by molar-refractivity contribution is -0.192. The Balaban J connectivity index is 0.000000675. The molecular formula is C17H20ClF3N2O7S3. The van der Waals surface area contributed by atoms with Gasteiger partial charge in [0.1, 0.15) is 0 Å². The van der Waals surface area contributed by atoms with Crippen molar-refractivity contribution >= 4 is 66.7 Å². The third-order valence-electron chi connectivity index (χ3n) is 3.78. The lowest BCUT2D eigenvalue weighted by Crippen LogP contribution is -2.27. The minimum absolute atomic E-state index is 0.110. The van der Waals surface area contributed by atoms with Gasteiger partial charge in [-0.15, -0.1) is 0 Å². The molecule has 1 fully saturated rings. The number of sulfonamides is 1. The van der Waals surface area contributed by atoms with Crippen LogP contribution in [0.2, 0.25) is 5.02 Å². The highest BCUT2D eigenvalue weighted by Gasteiger charge is 2.38. The lowest BCUT2D eigenvalue weighted by atomic mass is 10.2. The number of alkyl halides is 3. The molecule has 16 heteroatoms. The van der Waals surface area contributed by atoms with Crippen LogP contribution in [-0.2, 0) is 19.6 Å². The third-order valence-corrected chi connectivity index (χ3v) is 8.37. The Kier molecular flexibility index (Phi) is 11.6. The van der Waals surface area contributed by atoms with Crippen molar-refractivity contribution in [2.45, 2.75) is 19.0 Å². The third kappa shape index (κ3) is 10.3. The highest BCUT2D eigenvalue weighted by Crippen LogP contribution is 2.28. The number of hydrogen-bond acceptors (Lipinski definition) is 7. The molecule has 1 saturated heterocycles. The van der Waals surface area contributed by atoms with Gasteiger partial charge in [0.05, 0.1) is 28.4 Å². The average molecular weight is 553 g/mol. The molecule has 0 spiro atoms. The van der Waals surface area contributed by atoms with Gasteiger partial charge in [-0.3, -0.25) is 13.9 Å². The molecule has 186 valence electrons. The number of aliphatic carboxylic acids is 2. The van der Waals surface area contributed by atoms with Gasteiger partial charge in [-0.05, 0) is 24.6 Å². The van der Waals surface area contributed by atoms with Crippen LogP contribution in [0.5, 0.6) is 0 Å². The van der Waals surface area contributed by atoms with Crippen LogP contribution in [0.3, 0.4) is 0 Å². The molecule has 1 aliphatic rings. The monoisotopic (exact) mass is 552 g/mol. The number of rotatable bonds is 9. The van der Waals surface area contributed by atoms with Gasteiger partial charge in [-0.25, -0.2) is 13.2 Å². The molecule has 0 unspecified atom stereocenters. The summed E-state index contributed by atoms with van der Waals surface area (Å²) in [4.78, 5) is 31.5. The van der Waals surface area contributed by atoms with Gasteiger partial charge in [-0.2, -0.15) is 13.2 Å². The number of halogens is 4. The van der Waals surface area contributed by atoms with E-state index in [2.05, 4.69) is 5.32 Å². The van der Waals surface area contributed by atoms with E-state index in [9.17, 15) is 31.2 Å².